The molecule has 0 radical (unpaired) electrons. The van der Waals surface area contributed by atoms with Crippen LogP contribution in [-0.2, 0) is 9.53 Å². The third-order valence-corrected chi connectivity index (χ3v) is 2.78. The summed E-state index contributed by atoms with van der Waals surface area (Å²) in [6.07, 6.45) is 4.30. The maximum absolute atomic E-state index is 11.6. The molecule has 0 aromatic carbocycles. The van der Waals surface area contributed by atoms with Gasteiger partial charge in [0.1, 0.15) is 6.10 Å². The molecule has 1 unspecified atom stereocenters. The van der Waals surface area contributed by atoms with E-state index in [1.165, 1.54) is 12.8 Å². The lowest BCUT2D eigenvalue weighted by atomic mass is 10.1. The number of ether oxygens (including phenoxy) is 1. The van der Waals surface area contributed by atoms with Crippen molar-refractivity contribution in [2.24, 2.45) is 5.92 Å². The second-order valence-electron chi connectivity index (χ2n) is 4.01. The molecule has 1 saturated carbocycles. The lowest BCUT2D eigenvalue weighted by Gasteiger charge is -2.22. The molecule has 3 heteroatoms. The Bertz CT molecular complexity index is 183. The number of carbonyl (C=O) groups is 1. The van der Waals surface area contributed by atoms with Crippen molar-refractivity contribution in [1.29, 1.82) is 0 Å². The predicted octanol–water partition coefficient (Wildman–Crippen LogP) is 0.734. The van der Waals surface area contributed by atoms with Gasteiger partial charge in [-0.25, -0.2) is 0 Å². The summed E-state index contributed by atoms with van der Waals surface area (Å²) in [5, 5.41) is 3.17. The highest BCUT2D eigenvalue weighted by atomic mass is 16.5. The number of morpholine rings is 1. The van der Waals surface area contributed by atoms with E-state index in [0.29, 0.717) is 18.9 Å². The first-order valence-electron chi connectivity index (χ1n) is 5.21. The van der Waals surface area contributed by atoms with Crippen molar-refractivity contribution < 1.29 is 9.53 Å². The number of carbonyl (C=O) groups excluding carboxylic acids is 1. The number of nitrogens with one attached hydrogen (secondary N) is 1. The van der Waals surface area contributed by atoms with E-state index in [1.54, 1.807) is 0 Å². The number of rotatable bonds is 4. The Morgan fingerprint density at radius 1 is 1.46 bits per heavy atom. The Balaban J connectivity index is 1.67. The van der Waals surface area contributed by atoms with Crippen molar-refractivity contribution in [3.8, 4) is 0 Å². The van der Waals surface area contributed by atoms with Crippen LogP contribution in [0.1, 0.15) is 25.7 Å². The smallest absolute Gasteiger partial charge is 0.162 e. The quantitative estimate of drug-likeness (QED) is 0.698. The highest BCUT2D eigenvalue weighted by Crippen LogP contribution is 2.33. The molecule has 1 aliphatic heterocycles. The summed E-state index contributed by atoms with van der Waals surface area (Å²) >= 11 is 0. The van der Waals surface area contributed by atoms with Gasteiger partial charge in [0.15, 0.2) is 5.78 Å². The van der Waals surface area contributed by atoms with Gasteiger partial charge in [-0.2, -0.15) is 0 Å². The minimum absolute atomic E-state index is 0.160. The van der Waals surface area contributed by atoms with E-state index in [4.69, 9.17) is 4.74 Å². The first-order valence-corrected chi connectivity index (χ1v) is 5.21. The fourth-order valence-electron chi connectivity index (χ4n) is 1.69. The van der Waals surface area contributed by atoms with Gasteiger partial charge in [-0.05, 0) is 12.3 Å². The van der Waals surface area contributed by atoms with Crippen molar-refractivity contribution in [2.45, 2.75) is 31.8 Å². The zero-order valence-corrected chi connectivity index (χ0v) is 7.92. The van der Waals surface area contributed by atoms with Gasteiger partial charge in [0.25, 0.3) is 0 Å². The van der Waals surface area contributed by atoms with Crippen LogP contribution in [0.2, 0.25) is 0 Å². The zero-order valence-electron chi connectivity index (χ0n) is 7.92. The summed E-state index contributed by atoms with van der Waals surface area (Å²) in [6.45, 7) is 2.27. The normalized spacial score (nSPS) is 28.8. The van der Waals surface area contributed by atoms with E-state index < -0.39 is 0 Å². The van der Waals surface area contributed by atoms with Crippen LogP contribution in [0.25, 0.3) is 0 Å². The topological polar surface area (TPSA) is 38.3 Å². The molecule has 2 fully saturated rings. The Hall–Kier alpha value is -0.410. The summed E-state index contributed by atoms with van der Waals surface area (Å²) in [6, 6.07) is 0. The van der Waals surface area contributed by atoms with Crippen molar-refractivity contribution in [3.63, 3.8) is 0 Å². The summed E-state index contributed by atoms with van der Waals surface area (Å²) in [7, 11) is 0. The Kier molecular flexibility index (Phi) is 2.96. The molecule has 74 valence electrons. The lowest BCUT2D eigenvalue weighted by molar-refractivity contribution is -0.132. The second-order valence-corrected chi connectivity index (χ2v) is 4.01. The molecule has 1 atom stereocenters. The van der Waals surface area contributed by atoms with Crippen LogP contribution in [0.4, 0.5) is 0 Å². The third kappa shape index (κ3) is 2.78. The van der Waals surface area contributed by atoms with Gasteiger partial charge >= 0.3 is 0 Å². The largest absolute Gasteiger partial charge is 0.368 e. The third-order valence-electron chi connectivity index (χ3n) is 2.78. The highest BCUT2D eigenvalue weighted by Gasteiger charge is 2.26. The van der Waals surface area contributed by atoms with Gasteiger partial charge in [-0.3, -0.25) is 4.79 Å². The molecule has 0 aromatic rings. The molecule has 1 heterocycles. The first-order chi connectivity index (χ1) is 6.36. The molecule has 13 heavy (non-hydrogen) atoms. The van der Waals surface area contributed by atoms with Gasteiger partial charge in [-0.1, -0.05) is 12.8 Å². The molecule has 1 saturated heterocycles. The highest BCUT2D eigenvalue weighted by molar-refractivity contribution is 5.83. The number of hydrogen-bond acceptors (Lipinski definition) is 3. The van der Waals surface area contributed by atoms with Gasteiger partial charge < -0.3 is 10.1 Å². The fraction of sp³-hybridized carbons (Fsp3) is 0.900. The Morgan fingerprint density at radius 2 is 2.31 bits per heavy atom. The maximum Gasteiger partial charge on any atom is 0.162 e. The molecular formula is C10H17NO2. The number of ketones is 1. The molecule has 0 amide bonds. The van der Waals surface area contributed by atoms with E-state index in [0.717, 1.165) is 25.3 Å². The SMILES string of the molecule is O=C(CCC1CC1)C1CNCCO1. The summed E-state index contributed by atoms with van der Waals surface area (Å²) in [5.41, 5.74) is 0. The monoisotopic (exact) mass is 183 g/mol. The molecular weight excluding hydrogens is 166 g/mol. The molecule has 0 aromatic heterocycles. The summed E-state index contributed by atoms with van der Waals surface area (Å²) in [4.78, 5) is 11.6. The first kappa shape index (κ1) is 9.16. The van der Waals surface area contributed by atoms with Crippen LogP contribution in [0.5, 0.6) is 0 Å². The summed E-state index contributed by atoms with van der Waals surface area (Å²) < 4.78 is 5.38. The minimum atomic E-state index is -0.160. The number of hydrogen-bond donors (Lipinski definition) is 1. The van der Waals surface area contributed by atoms with Crippen LogP contribution in [-0.4, -0.2) is 31.6 Å². The molecule has 0 bridgehead atoms. The molecule has 1 aliphatic carbocycles. The Morgan fingerprint density at radius 3 is 2.92 bits per heavy atom. The van der Waals surface area contributed by atoms with Crippen LogP contribution in [0.3, 0.4) is 0 Å². The van der Waals surface area contributed by atoms with E-state index in [-0.39, 0.29) is 6.10 Å². The van der Waals surface area contributed by atoms with Gasteiger partial charge in [0.05, 0.1) is 6.61 Å². The summed E-state index contributed by atoms with van der Waals surface area (Å²) in [5.74, 6) is 1.14. The average Bonchev–Trinajstić information content (AvgIpc) is 2.99. The predicted molar refractivity (Wildman–Crippen MR) is 49.6 cm³/mol. The molecule has 0 spiro atoms. The maximum atomic E-state index is 11.6. The van der Waals surface area contributed by atoms with E-state index in [2.05, 4.69) is 5.32 Å². The van der Waals surface area contributed by atoms with Crippen molar-refractivity contribution in [2.75, 3.05) is 19.7 Å². The zero-order chi connectivity index (χ0) is 9.10. The van der Waals surface area contributed by atoms with Crippen LogP contribution >= 0.6 is 0 Å². The second kappa shape index (κ2) is 4.20. The van der Waals surface area contributed by atoms with Crippen LogP contribution < -0.4 is 5.32 Å². The Labute approximate surface area is 78.8 Å². The van der Waals surface area contributed by atoms with Gasteiger partial charge in [-0.15, -0.1) is 0 Å². The van der Waals surface area contributed by atoms with Gasteiger partial charge in [0, 0.05) is 19.5 Å². The minimum Gasteiger partial charge on any atom is -0.368 e. The fourth-order valence-corrected chi connectivity index (χ4v) is 1.69. The van der Waals surface area contributed by atoms with Crippen LogP contribution in [0.15, 0.2) is 0 Å². The van der Waals surface area contributed by atoms with Crippen molar-refractivity contribution >= 4 is 5.78 Å². The van der Waals surface area contributed by atoms with Gasteiger partial charge in [0.2, 0.25) is 0 Å². The molecule has 2 aliphatic rings. The number of Topliss-reactive ketones (excluding diaryl/α,β-unsaturated/α-hetero) is 1. The molecule has 3 nitrogen and oxygen atoms in total. The van der Waals surface area contributed by atoms with E-state index in [9.17, 15) is 4.79 Å². The van der Waals surface area contributed by atoms with E-state index in [1.807, 2.05) is 0 Å². The van der Waals surface area contributed by atoms with Crippen molar-refractivity contribution in [1.82, 2.24) is 5.32 Å². The van der Waals surface area contributed by atoms with Crippen LogP contribution in [0, 0.1) is 5.92 Å². The molecule has 2 rings (SSSR count). The van der Waals surface area contributed by atoms with Crippen molar-refractivity contribution in [3.05, 3.63) is 0 Å². The standard InChI is InChI=1S/C10H17NO2/c12-9(4-3-8-1-2-8)10-7-11-5-6-13-10/h8,10-11H,1-7H2. The molecule has 1 N–H and O–H groups in total. The van der Waals surface area contributed by atoms with E-state index >= 15 is 0 Å². The average molecular weight is 183 g/mol. The lowest BCUT2D eigenvalue weighted by Crippen LogP contribution is -2.43.